The summed E-state index contributed by atoms with van der Waals surface area (Å²) in [6.45, 7) is 4.38. The maximum atomic E-state index is 12.1. The molecule has 2 N–H and O–H groups in total. The molecule has 2 rings (SSSR count). The molecule has 0 aliphatic rings. The number of hydrogen-bond donors (Lipinski definition) is 2. The highest BCUT2D eigenvalue weighted by Crippen LogP contribution is 2.15. The highest BCUT2D eigenvalue weighted by Gasteiger charge is 2.14. The first-order valence-electron chi connectivity index (χ1n) is 8.34. The Labute approximate surface area is 143 Å². The minimum atomic E-state index is -0.582. The zero-order chi connectivity index (χ0) is 17.4. The first-order valence-corrected chi connectivity index (χ1v) is 8.34. The Morgan fingerprint density at radius 1 is 1.12 bits per heavy atom. The van der Waals surface area contributed by atoms with E-state index >= 15 is 0 Å². The second kappa shape index (κ2) is 9.08. The Balaban J connectivity index is 1.78. The molecule has 0 radical (unpaired) electrons. The normalized spacial score (nSPS) is 11.8. The number of aliphatic hydroxyl groups is 1. The second-order valence-electron chi connectivity index (χ2n) is 5.78. The van der Waals surface area contributed by atoms with Crippen molar-refractivity contribution in [3.63, 3.8) is 0 Å². The van der Waals surface area contributed by atoms with Crippen LogP contribution in [0.15, 0.2) is 48.5 Å². The molecule has 0 heterocycles. The number of ether oxygens (including phenoxy) is 1. The van der Waals surface area contributed by atoms with Gasteiger partial charge in [-0.3, -0.25) is 4.79 Å². The summed E-state index contributed by atoms with van der Waals surface area (Å²) >= 11 is 0. The molecular weight excluding hydrogens is 302 g/mol. The summed E-state index contributed by atoms with van der Waals surface area (Å²) in [5, 5.41) is 12.0. The minimum Gasteiger partial charge on any atom is -0.481 e. The fourth-order valence-corrected chi connectivity index (χ4v) is 2.39. The fraction of sp³-hybridized carbons (Fsp3) is 0.350. The predicted octanol–water partition coefficient (Wildman–Crippen LogP) is 2.87. The van der Waals surface area contributed by atoms with Gasteiger partial charge in [-0.15, -0.1) is 0 Å². The lowest BCUT2D eigenvalue weighted by molar-refractivity contribution is -0.127. The van der Waals surface area contributed by atoms with Gasteiger partial charge >= 0.3 is 0 Å². The Morgan fingerprint density at radius 3 is 2.50 bits per heavy atom. The number of rotatable bonds is 8. The Hall–Kier alpha value is -2.33. The largest absolute Gasteiger partial charge is 0.481 e. The van der Waals surface area contributed by atoms with Crippen LogP contribution in [0.3, 0.4) is 0 Å². The predicted molar refractivity (Wildman–Crippen MR) is 95.0 cm³/mol. The molecule has 0 fully saturated rings. The van der Waals surface area contributed by atoms with Crippen LogP contribution < -0.4 is 10.1 Å². The molecule has 128 valence electrons. The molecule has 24 heavy (non-hydrogen) atoms. The molecule has 0 spiro atoms. The lowest BCUT2D eigenvalue weighted by Crippen LogP contribution is -2.37. The van der Waals surface area contributed by atoms with E-state index in [1.54, 1.807) is 31.2 Å². The van der Waals surface area contributed by atoms with E-state index < -0.39 is 6.10 Å². The Kier molecular flexibility index (Phi) is 6.82. The standard InChI is InChI=1S/C20H25NO3/c1-3-16-7-9-17(10-8-16)11-12-21-20(23)15(2)24-19-6-4-5-18(13-19)14-22/h4-10,13,15,22H,3,11-12,14H2,1-2H3,(H,21,23). The van der Waals surface area contributed by atoms with Crippen molar-refractivity contribution in [3.8, 4) is 5.75 Å². The van der Waals surface area contributed by atoms with Gasteiger partial charge in [0.25, 0.3) is 5.91 Å². The van der Waals surface area contributed by atoms with Crippen LogP contribution in [0.5, 0.6) is 5.75 Å². The van der Waals surface area contributed by atoms with E-state index in [1.807, 2.05) is 0 Å². The maximum Gasteiger partial charge on any atom is 0.260 e. The first-order chi connectivity index (χ1) is 11.6. The monoisotopic (exact) mass is 327 g/mol. The van der Waals surface area contributed by atoms with Crippen LogP contribution in [-0.2, 0) is 24.2 Å². The number of aryl methyl sites for hydroxylation is 1. The van der Waals surface area contributed by atoms with Gasteiger partial charge in [0.05, 0.1) is 6.61 Å². The molecule has 1 unspecified atom stereocenters. The van der Waals surface area contributed by atoms with Crippen molar-refractivity contribution in [2.24, 2.45) is 0 Å². The van der Waals surface area contributed by atoms with Gasteiger partial charge in [0.2, 0.25) is 0 Å². The SMILES string of the molecule is CCc1ccc(CCNC(=O)C(C)Oc2cccc(CO)c2)cc1. The molecule has 1 amide bonds. The molecule has 0 aromatic heterocycles. The minimum absolute atomic E-state index is 0.0470. The van der Waals surface area contributed by atoms with Crippen LogP contribution >= 0.6 is 0 Å². The number of hydrogen-bond acceptors (Lipinski definition) is 3. The number of carbonyl (C=O) groups is 1. The van der Waals surface area contributed by atoms with E-state index in [0.29, 0.717) is 12.3 Å². The van der Waals surface area contributed by atoms with Gasteiger partial charge < -0.3 is 15.2 Å². The molecule has 2 aromatic rings. The van der Waals surface area contributed by atoms with Crippen molar-refractivity contribution in [1.82, 2.24) is 5.32 Å². The van der Waals surface area contributed by atoms with Crippen molar-refractivity contribution in [1.29, 1.82) is 0 Å². The van der Waals surface area contributed by atoms with E-state index in [9.17, 15) is 4.79 Å². The average molecular weight is 327 g/mol. The highest BCUT2D eigenvalue weighted by atomic mass is 16.5. The van der Waals surface area contributed by atoms with E-state index in [0.717, 1.165) is 18.4 Å². The zero-order valence-electron chi connectivity index (χ0n) is 14.3. The topological polar surface area (TPSA) is 58.6 Å². The van der Waals surface area contributed by atoms with E-state index in [2.05, 4.69) is 36.5 Å². The van der Waals surface area contributed by atoms with Crippen LogP contribution in [-0.4, -0.2) is 23.7 Å². The Morgan fingerprint density at radius 2 is 1.83 bits per heavy atom. The molecule has 0 aliphatic heterocycles. The first kappa shape index (κ1) is 18.0. The van der Waals surface area contributed by atoms with E-state index in [1.165, 1.54) is 11.1 Å². The molecule has 2 aromatic carbocycles. The summed E-state index contributed by atoms with van der Waals surface area (Å²) < 4.78 is 5.63. The molecule has 0 saturated heterocycles. The van der Waals surface area contributed by atoms with Crippen LogP contribution in [0, 0.1) is 0 Å². The molecular formula is C20H25NO3. The number of nitrogens with one attached hydrogen (secondary N) is 1. The summed E-state index contributed by atoms with van der Waals surface area (Å²) in [6, 6.07) is 15.6. The average Bonchev–Trinajstić information content (AvgIpc) is 2.62. The van der Waals surface area contributed by atoms with Crippen molar-refractivity contribution < 1.29 is 14.6 Å². The summed E-state index contributed by atoms with van der Waals surface area (Å²) in [5.41, 5.74) is 3.28. The number of benzene rings is 2. The third-order valence-corrected chi connectivity index (χ3v) is 3.91. The molecule has 4 heteroatoms. The van der Waals surface area contributed by atoms with Crippen molar-refractivity contribution in [2.45, 2.75) is 39.4 Å². The van der Waals surface area contributed by atoms with E-state index in [-0.39, 0.29) is 12.5 Å². The van der Waals surface area contributed by atoms with Gasteiger partial charge in [-0.05, 0) is 48.6 Å². The quantitative estimate of drug-likeness (QED) is 0.784. The lowest BCUT2D eigenvalue weighted by Gasteiger charge is -2.15. The van der Waals surface area contributed by atoms with Crippen molar-refractivity contribution in [2.75, 3.05) is 6.54 Å². The zero-order valence-corrected chi connectivity index (χ0v) is 14.3. The smallest absolute Gasteiger partial charge is 0.260 e. The van der Waals surface area contributed by atoms with Gasteiger partial charge in [-0.2, -0.15) is 0 Å². The van der Waals surface area contributed by atoms with Gasteiger partial charge in [-0.1, -0.05) is 43.3 Å². The third-order valence-electron chi connectivity index (χ3n) is 3.91. The third kappa shape index (κ3) is 5.39. The number of carbonyl (C=O) groups excluding carboxylic acids is 1. The number of aliphatic hydroxyl groups excluding tert-OH is 1. The fourth-order valence-electron chi connectivity index (χ4n) is 2.39. The summed E-state index contributed by atoms with van der Waals surface area (Å²) in [5.74, 6) is 0.439. The second-order valence-corrected chi connectivity index (χ2v) is 5.78. The maximum absolute atomic E-state index is 12.1. The van der Waals surface area contributed by atoms with Crippen LogP contribution in [0.25, 0.3) is 0 Å². The van der Waals surface area contributed by atoms with Gasteiger partial charge in [0, 0.05) is 6.54 Å². The van der Waals surface area contributed by atoms with Crippen LogP contribution in [0.4, 0.5) is 0 Å². The molecule has 4 nitrogen and oxygen atoms in total. The number of amides is 1. The lowest BCUT2D eigenvalue weighted by atomic mass is 10.1. The molecule has 0 bridgehead atoms. The highest BCUT2D eigenvalue weighted by molar-refractivity contribution is 5.80. The van der Waals surface area contributed by atoms with E-state index in [4.69, 9.17) is 9.84 Å². The molecule has 0 saturated carbocycles. The van der Waals surface area contributed by atoms with Crippen molar-refractivity contribution >= 4 is 5.91 Å². The van der Waals surface area contributed by atoms with Crippen LogP contribution in [0.1, 0.15) is 30.5 Å². The Bertz CT molecular complexity index is 652. The van der Waals surface area contributed by atoms with Crippen LogP contribution in [0.2, 0.25) is 0 Å². The van der Waals surface area contributed by atoms with Gasteiger partial charge in [0.15, 0.2) is 6.10 Å². The summed E-state index contributed by atoms with van der Waals surface area (Å²) in [7, 11) is 0. The van der Waals surface area contributed by atoms with Crippen molar-refractivity contribution in [3.05, 3.63) is 65.2 Å². The van der Waals surface area contributed by atoms with Gasteiger partial charge in [-0.25, -0.2) is 0 Å². The molecule has 0 aliphatic carbocycles. The summed E-state index contributed by atoms with van der Waals surface area (Å²) in [4.78, 5) is 12.1. The molecule has 1 atom stereocenters. The summed E-state index contributed by atoms with van der Waals surface area (Å²) in [6.07, 6.45) is 1.24. The van der Waals surface area contributed by atoms with Gasteiger partial charge in [0.1, 0.15) is 5.75 Å².